The van der Waals surface area contributed by atoms with Gasteiger partial charge >= 0.3 is 0 Å². The van der Waals surface area contributed by atoms with E-state index in [1.807, 2.05) is 13.1 Å². The van der Waals surface area contributed by atoms with Crippen molar-refractivity contribution in [3.8, 4) is 5.75 Å². The lowest BCUT2D eigenvalue weighted by Gasteiger charge is -2.26. The molecule has 2 heterocycles. The molecule has 0 spiro atoms. The molecule has 2 saturated heterocycles. The molecular weight excluding hydrogens is 398 g/mol. The van der Waals surface area contributed by atoms with Crippen molar-refractivity contribution in [3.63, 3.8) is 0 Å². The highest BCUT2D eigenvalue weighted by Crippen LogP contribution is 2.26. The molecule has 2 aliphatic rings. The average molecular weight is 436 g/mol. The van der Waals surface area contributed by atoms with Crippen molar-refractivity contribution in [2.75, 3.05) is 51.8 Å². The highest BCUT2D eigenvalue weighted by molar-refractivity contribution is 5.79. The van der Waals surface area contributed by atoms with Gasteiger partial charge < -0.3 is 20.3 Å². The zero-order valence-electron chi connectivity index (χ0n) is 19.5. The third-order valence-electron chi connectivity index (χ3n) is 6.72. The van der Waals surface area contributed by atoms with Crippen molar-refractivity contribution in [1.29, 1.82) is 0 Å². The predicted octanol–water partition coefficient (Wildman–Crippen LogP) is 3.35. The lowest BCUT2D eigenvalue weighted by atomic mass is 10.1. The summed E-state index contributed by atoms with van der Waals surface area (Å²) in [4.78, 5) is 9.51. The van der Waals surface area contributed by atoms with E-state index in [-0.39, 0.29) is 0 Å². The molecule has 0 radical (unpaired) electrons. The Morgan fingerprint density at radius 1 is 1.03 bits per heavy atom. The zero-order valence-corrected chi connectivity index (χ0v) is 19.5. The maximum absolute atomic E-state index is 5.38. The largest absolute Gasteiger partial charge is 0.497 e. The Hall–Kier alpha value is -2.73. The van der Waals surface area contributed by atoms with Crippen LogP contribution in [0.3, 0.4) is 0 Å². The number of ether oxygens (including phenoxy) is 1. The van der Waals surface area contributed by atoms with Crippen LogP contribution in [0, 0.1) is 5.92 Å². The van der Waals surface area contributed by atoms with Crippen LogP contribution >= 0.6 is 0 Å². The van der Waals surface area contributed by atoms with E-state index in [1.54, 1.807) is 7.11 Å². The fourth-order valence-corrected chi connectivity index (χ4v) is 4.87. The second kappa shape index (κ2) is 11.2. The fraction of sp³-hybridized carbons (Fsp3) is 0.500. The number of hydrogen-bond donors (Lipinski definition) is 2. The quantitative estimate of drug-likeness (QED) is 0.492. The van der Waals surface area contributed by atoms with Crippen molar-refractivity contribution >= 4 is 11.6 Å². The van der Waals surface area contributed by atoms with Crippen LogP contribution in [-0.4, -0.2) is 63.8 Å². The number of nitrogens with zero attached hydrogens (tertiary/aromatic N) is 3. The van der Waals surface area contributed by atoms with E-state index in [0.29, 0.717) is 12.0 Å². The van der Waals surface area contributed by atoms with Gasteiger partial charge in [0, 0.05) is 57.6 Å². The van der Waals surface area contributed by atoms with Crippen molar-refractivity contribution in [2.45, 2.75) is 31.8 Å². The Balaban J connectivity index is 1.21. The number of anilines is 1. The van der Waals surface area contributed by atoms with Crippen LogP contribution in [0.25, 0.3) is 0 Å². The van der Waals surface area contributed by atoms with Crippen LogP contribution in [0.5, 0.6) is 5.75 Å². The van der Waals surface area contributed by atoms with Crippen molar-refractivity contribution in [1.82, 2.24) is 15.5 Å². The molecule has 2 fully saturated rings. The van der Waals surface area contributed by atoms with Crippen molar-refractivity contribution in [2.24, 2.45) is 10.9 Å². The van der Waals surface area contributed by atoms with Crippen LogP contribution < -0.4 is 20.3 Å². The summed E-state index contributed by atoms with van der Waals surface area (Å²) < 4.78 is 5.38. The Kier molecular flexibility index (Phi) is 7.88. The van der Waals surface area contributed by atoms with Crippen LogP contribution in [0.15, 0.2) is 59.6 Å². The van der Waals surface area contributed by atoms with E-state index in [9.17, 15) is 0 Å². The zero-order chi connectivity index (χ0) is 22.2. The SMILES string of the molecule is CN=C(NCC1CCN(c2cccc(OC)c2)C1)NCC1CCCN1Cc1ccccc1. The lowest BCUT2D eigenvalue weighted by Crippen LogP contribution is -2.45. The number of nitrogens with one attached hydrogen (secondary N) is 2. The average Bonchev–Trinajstić information content (AvgIpc) is 3.49. The molecule has 0 bridgehead atoms. The van der Waals surface area contributed by atoms with Gasteiger partial charge in [0.15, 0.2) is 5.96 Å². The third kappa shape index (κ3) is 5.94. The number of benzene rings is 2. The first-order chi connectivity index (χ1) is 15.7. The molecule has 6 heteroatoms. The van der Waals surface area contributed by atoms with E-state index in [4.69, 9.17) is 4.74 Å². The number of methoxy groups -OCH3 is 1. The van der Waals surface area contributed by atoms with Crippen molar-refractivity contribution in [3.05, 3.63) is 60.2 Å². The summed E-state index contributed by atoms with van der Waals surface area (Å²) >= 11 is 0. The van der Waals surface area contributed by atoms with Crippen molar-refractivity contribution < 1.29 is 4.74 Å². The van der Waals surface area contributed by atoms with E-state index in [1.165, 1.54) is 37.1 Å². The van der Waals surface area contributed by atoms with Gasteiger partial charge in [-0.05, 0) is 49.4 Å². The van der Waals surface area contributed by atoms with Crippen LogP contribution in [-0.2, 0) is 6.54 Å². The normalized spacial score (nSPS) is 21.7. The molecule has 32 heavy (non-hydrogen) atoms. The first-order valence-electron chi connectivity index (χ1n) is 11.9. The summed E-state index contributed by atoms with van der Waals surface area (Å²) in [5.41, 5.74) is 2.64. The minimum absolute atomic E-state index is 0.559. The van der Waals surface area contributed by atoms with Crippen LogP contribution in [0.2, 0.25) is 0 Å². The fourth-order valence-electron chi connectivity index (χ4n) is 4.87. The van der Waals surface area contributed by atoms with Gasteiger partial charge in [0.2, 0.25) is 0 Å². The highest BCUT2D eigenvalue weighted by atomic mass is 16.5. The van der Waals surface area contributed by atoms with E-state index in [0.717, 1.165) is 44.4 Å². The van der Waals surface area contributed by atoms with Gasteiger partial charge in [0.05, 0.1) is 7.11 Å². The second-order valence-electron chi connectivity index (χ2n) is 8.89. The molecule has 0 aliphatic carbocycles. The van der Waals surface area contributed by atoms with Gasteiger partial charge in [-0.15, -0.1) is 0 Å². The summed E-state index contributed by atoms with van der Waals surface area (Å²) in [6.07, 6.45) is 3.71. The Labute approximate surface area is 192 Å². The molecule has 0 saturated carbocycles. The van der Waals surface area contributed by atoms with Gasteiger partial charge in [-0.1, -0.05) is 36.4 Å². The molecule has 2 aromatic rings. The number of likely N-dealkylation sites (tertiary alicyclic amines) is 1. The van der Waals surface area contributed by atoms with Gasteiger partial charge in [-0.2, -0.15) is 0 Å². The third-order valence-corrected chi connectivity index (χ3v) is 6.72. The molecule has 6 nitrogen and oxygen atoms in total. The summed E-state index contributed by atoms with van der Waals surface area (Å²) in [6.45, 7) is 6.23. The molecule has 2 N–H and O–H groups in total. The monoisotopic (exact) mass is 435 g/mol. The number of rotatable bonds is 8. The molecule has 0 aromatic heterocycles. The molecule has 172 valence electrons. The highest BCUT2D eigenvalue weighted by Gasteiger charge is 2.25. The predicted molar refractivity (Wildman–Crippen MR) is 133 cm³/mol. The van der Waals surface area contributed by atoms with Gasteiger partial charge in [0.25, 0.3) is 0 Å². The summed E-state index contributed by atoms with van der Waals surface area (Å²) in [7, 11) is 3.59. The molecule has 4 rings (SSSR count). The maximum atomic E-state index is 5.38. The summed E-state index contributed by atoms with van der Waals surface area (Å²) in [6, 6.07) is 19.7. The molecule has 2 aliphatic heterocycles. The Morgan fingerprint density at radius 3 is 2.69 bits per heavy atom. The van der Waals surface area contributed by atoms with Gasteiger partial charge in [-0.3, -0.25) is 9.89 Å². The summed E-state index contributed by atoms with van der Waals surface area (Å²) in [5.74, 6) is 2.44. The van der Waals surface area contributed by atoms with Crippen LogP contribution in [0.1, 0.15) is 24.8 Å². The Bertz CT molecular complexity index is 872. The van der Waals surface area contributed by atoms with E-state index in [2.05, 4.69) is 74.0 Å². The Morgan fingerprint density at radius 2 is 1.88 bits per heavy atom. The number of aliphatic imine (C=N–C) groups is 1. The topological polar surface area (TPSA) is 52.1 Å². The standard InChI is InChI=1S/C26H37N5O/c1-27-26(29-18-24-11-7-14-30(24)19-21-8-4-3-5-9-21)28-17-22-13-15-31(20-22)23-10-6-12-25(16-23)32-2/h3-6,8-10,12,16,22,24H,7,11,13-15,17-20H2,1-2H3,(H2,27,28,29). The van der Waals surface area contributed by atoms with E-state index < -0.39 is 0 Å². The van der Waals surface area contributed by atoms with E-state index >= 15 is 0 Å². The lowest BCUT2D eigenvalue weighted by molar-refractivity contribution is 0.245. The smallest absolute Gasteiger partial charge is 0.191 e. The van der Waals surface area contributed by atoms with Crippen LogP contribution in [0.4, 0.5) is 5.69 Å². The molecule has 0 amide bonds. The number of guanidine groups is 1. The number of hydrogen-bond acceptors (Lipinski definition) is 4. The molecule has 2 aromatic carbocycles. The minimum atomic E-state index is 0.559. The molecule has 2 atom stereocenters. The maximum Gasteiger partial charge on any atom is 0.191 e. The minimum Gasteiger partial charge on any atom is -0.497 e. The second-order valence-corrected chi connectivity index (χ2v) is 8.89. The molecule has 2 unspecified atom stereocenters. The van der Waals surface area contributed by atoms with Gasteiger partial charge in [0.1, 0.15) is 5.75 Å². The van der Waals surface area contributed by atoms with Gasteiger partial charge in [-0.25, -0.2) is 0 Å². The first kappa shape index (κ1) is 22.5. The summed E-state index contributed by atoms with van der Waals surface area (Å²) in [5, 5.41) is 7.14. The molecular formula is C26H37N5O. The first-order valence-corrected chi connectivity index (χ1v) is 11.9.